The number of hydrogen-bond acceptors (Lipinski definition) is 6. The first kappa shape index (κ1) is 24.3. The third kappa shape index (κ3) is 6.36. The SMILES string of the molecule is C[C@H](OC(=O)C1CCN(C(=O)c2ccc(F)cc2)CC1)C(=O)Nc1ccc(S(N)(=O)=O)cc1. The van der Waals surface area contributed by atoms with Crippen LogP contribution < -0.4 is 10.5 Å². The van der Waals surface area contributed by atoms with Gasteiger partial charge in [-0.1, -0.05) is 0 Å². The summed E-state index contributed by atoms with van der Waals surface area (Å²) in [7, 11) is -3.84. The molecule has 1 atom stereocenters. The van der Waals surface area contributed by atoms with Gasteiger partial charge in [-0.3, -0.25) is 14.4 Å². The largest absolute Gasteiger partial charge is 0.452 e. The molecule has 1 aliphatic rings. The van der Waals surface area contributed by atoms with E-state index >= 15 is 0 Å². The second-order valence-electron chi connectivity index (χ2n) is 7.71. The summed E-state index contributed by atoms with van der Waals surface area (Å²) >= 11 is 0. The zero-order valence-electron chi connectivity index (χ0n) is 17.9. The van der Waals surface area contributed by atoms with Crippen LogP contribution in [0, 0.1) is 11.7 Å². The second kappa shape index (κ2) is 10.1. The summed E-state index contributed by atoms with van der Waals surface area (Å²) in [5, 5.41) is 7.58. The smallest absolute Gasteiger partial charge is 0.309 e. The average molecular weight is 478 g/mol. The van der Waals surface area contributed by atoms with Gasteiger partial charge in [-0.25, -0.2) is 17.9 Å². The van der Waals surface area contributed by atoms with Crippen molar-refractivity contribution < 1.29 is 31.9 Å². The van der Waals surface area contributed by atoms with Crippen molar-refractivity contribution in [2.75, 3.05) is 18.4 Å². The molecule has 0 unspecified atom stereocenters. The van der Waals surface area contributed by atoms with Crippen molar-refractivity contribution in [3.8, 4) is 0 Å². The highest BCUT2D eigenvalue weighted by atomic mass is 32.2. The number of carbonyl (C=O) groups is 3. The molecule has 0 aliphatic carbocycles. The fourth-order valence-electron chi connectivity index (χ4n) is 3.39. The van der Waals surface area contributed by atoms with Crippen molar-refractivity contribution in [3.05, 3.63) is 59.9 Å². The van der Waals surface area contributed by atoms with Crippen molar-refractivity contribution in [1.29, 1.82) is 0 Å². The number of benzene rings is 2. The number of hydrogen-bond donors (Lipinski definition) is 2. The Morgan fingerprint density at radius 2 is 1.64 bits per heavy atom. The molecule has 11 heteroatoms. The third-order valence-corrected chi connectivity index (χ3v) is 6.25. The van der Waals surface area contributed by atoms with E-state index in [-0.39, 0.29) is 10.8 Å². The summed E-state index contributed by atoms with van der Waals surface area (Å²) in [5.74, 6) is -2.21. The molecule has 33 heavy (non-hydrogen) atoms. The lowest BCUT2D eigenvalue weighted by molar-refractivity contribution is -0.158. The third-order valence-electron chi connectivity index (χ3n) is 5.32. The minimum atomic E-state index is -3.84. The molecule has 1 saturated heterocycles. The van der Waals surface area contributed by atoms with E-state index < -0.39 is 39.7 Å². The maximum absolute atomic E-state index is 13.0. The summed E-state index contributed by atoms with van der Waals surface area (Å²) in [5.41, 5.74) is 0.697. The lowest BCUT2D eigenvalue weighted by atomic mass is 9.96. The molecule has 1 fully saturated rings. The highest BCUT2D eigenvalue weighted by Gasteiger charge is 2.30. The Hall–Kier alpha value is -3.31. The van der Waals surface area contributed by atoms with Crippen LogP contribution in [0.1, 0.15) is 30.1 Å². The summed E-state index contributed by atoms with van der Waals surface area (Å²) in [4.78, 5) is 38.8. The number of amides is 2. The lowest BCUT2D eigenvalue weighted by Gasteiger charge is -2.31. The number of nitrogens with zero attached hydrogens (tertiary/aromatic N) is 1. The van der Waals surface area contributed by atoms with E-state index in [9.17, 15) is 27.2 Å². The highest BCUT2D eigenvalue weighted by molar-refractivity contribution is 7.89. The van der Waals surface area contributed by atoms with Crippen LogP contribution in [0.25, 0.3) is 0 Å². The van der Waals surface area contributed by atoms with Crippen molar-refractivity contribution >= 4 is 33.5 Å². The Bertz CT molecular complexity index is 1130. The standard InChI is InChI=1S/C22H24FN3O6S/c1-14(20(27)25-18-6-8-19(9-7-18)33(24,30)31)32-22(29)16-10-12-26(13-11-16)21(28)15-2-4-17(23)5-3-15/h2-9,14,16H,10-13H2,1H3,(H,25,27)(H2,24,30,31)/t14-/m0/s1. The summed E-state index contributed by atoms with van der Waals surface area (Å²) in [6, 6.07) is 10.5. The summed E-state index contributed by atoms with van der Waals surface area (Å²) in [6.07, 6.45) is -0.307. The molecule has 3 N–H and O–H groups in total. The molecule has 2 aromatic carbocycles. The topological polar surface area (TPSA) is 136 Å². The first-order chi connectivity index (χ1) is 15.5. The molecule has 0 radical (unpaired) electrons. The molecular weight excluding hydrogens is 453 g/mol. The fraction of sp³-hybridized carbons (Fsp3) is 0.318. The number of piperidine rings is 1. The van der Waals surface area contributed by atoms with Crippen LogP contribution in [-0.4, -0.2) is 50.3 Å². The van der Waals surface area contributed by atoms with Gasteiger partial charge in [0.1, 0.15) is 5.82 Å². The minimum Gasteiger partial charge on any atom is -0.452 e. The van der Waals surface area contributed by atoms with Crippen molar-refractivity contribution in [3.63, 3.8) is 0 Å². The molecule has 0 spiro atoms. The van der Waals surface area contributed by atoms with Gasteiger partial charge in [0.15, 0.2) is 6.10 Å². The van der Waals surface area contributed by atoms with Gasteiger partial charge >= 0.3 is 5.97 Å². The van der Waals surface area contributed by atoms with E-state index in [0.29, 0.717) is 37.2 Å². The number of likely N-dealkylation sites (tertiary alicyclic amines) is 1. The second-order valence-corrected chi connectivity index (χ2v) is 9.27. The van der Waals surface area contributed by atoms with Crippen LogP contribution in [0.15, 0.2) is 53.4 Å². The number of primary sulfonamides is 1. The van der Waals surface area contributed by atoms with Crippen LogP contribution >= 0.6 is 0 Å². The van der Waals surface area contributed by atoms with Gasteiger partial charge in [-0.05, 0) is 68.3 Å². The maximum atomic E-state index is 13.0. The molecule has 9 nitrogen and oxygen atoms in total. The number of sulfonamides is 1. The number of nitrogens with two attached hydrogens (primary N) is 1. The predicted octanol–water partition coefficient (Wildman–Crippen LogP) is 1.90. The van der Waals surface area contributed by atoms with Crippen LogP contribution in [-0.2, 0) is 24.3 Å². The van der Waals surface area contributed by atoms with Gasteiger partial charge in [-0.2, -0.15) is 0 Å². The molecule has 2 amide bonds. The quantitative estimate of drug-likeness (QED) is 0.610. The number of anilines is 1. The van der Waals surface area contributed by atoms with Crippen LogP contribution in [0.3, 0.4) is 0 Å². The van der Waals surface area contributed by atoms with E-state index in [2.05, 4.69) is 5.32 Å². The van der Waals surface area contributed by atoms with Crippen molar-refractivity contribution in [2.45, 2.75) is 30.8 Å². The number of ether oxygens (including phenoxy) is 1. The molecule has 0 bridgehead atoms. The van der Waals surface area contributed by atoms with Crippen molar-refractivity contribution in [2.24, 2.45) is 11.1 Å². The Morgan fingerprint density at radius 3 is 2.18 bits per heavy atom. The number of rotatable bonds is 6. The maximum Gasteiger partial charge on any atom is 0.309 e. The van der Waals surface area contributed by atoms with Gasteiger partial charge in [0, 0.05) is 24.3 Å². The van der Waals surface area contributed by atoms with Gasteiger partial charge < -0.3 is 15.0 Å². The summed E-state index contributed by atoms with van der Waals surface area (Å²) in [6.45, 7) is 2.11. The Labute approximate surface area is 190 Å². The molecular formula is C22H24FN3O6S. The van der Waals surface area contributed by atoms with Crippen molar-refractivity contribution in [1.82, 2.24) is 4.90 Å². The van der Waals surface area contributed by atoms with Gasteiger partial charge in [0.2, 0.25) is 10.0 Å². The lowest BCUT2D eigenvalue weighted by Crippen LogP contribution is -2.41. The number of carbonyl (C=O) groups excluding carboxylic acids is 3. The Morgan fingerprint density at radius 1 is 1.06 bits per heavy atom. The summed E-state index contributed by atoms with van der Waals surface area (Å²) < 4.78 is 40.9. The van der Waals surface area contributed by atoms with Gasteiger partial charge in [0.25, 0.3) is 11.8 Å². The molecule has 1 heterocycles. The van der Waals surface area contributed by atoms with E-state index in [1.54, 1.807) is 4.90 Å². The van der Waals surface area contributed by atoms with E-state index in [1.807, 2.05) is 0 Å². The monoisotopic (exact) mass is 477 g/mol. The Balaban J connectivity index is 1.48. The molecule has 176 valence electrons. The van der Waals surface area contributed by atoms with Crippen LogP contribution in [0.2, 0.25) is 0 Å². The zero-order valence-corrected chi connectivity index (χ0v) is 18.7. The van der Waals surface area contributed by atoms with Gasteiger partial charge in [-0.15, -0.1) is 0 Å². The predicted molar refractivity (Wildman–Crippen MR) is 117 cm³/mol. The number of nitrogens with one attached hydrogen (secondary N) is 1. The number of esters is 1. The molecule has 0 aromatic heterocycles. The molecule has 2 aromatic rings. The first-order valence-corrected chi connectivity index (χ1v) is 11.8. The van der Waals surface area contributed by atoms with Crippen LogP contribution in [0.4, 0.5) is 10.1 Å². The number of halogens is 1. The van der Waals surface area contributed by atoms with Gasteiger partial charge in [0.05, 0.1) is 10.8 Å². The molecule has 0 saturated carbocycles. The highest BCUT2D eigenvalue weighted by Crippen LogP contribution is 2.21. The van der Waals surface area contributed by atoms with E-state index in [0.717, 1.165) is 0 Å². The normalized spacial score (nSPS) is 15.5. The average Bonchev–Trinajstić information content (AvgIpc) is 2.79. The molecule has 1 aliphatic heterocycles. The Kier molecular flexibility index (Phi) is 7.44. The zero-order chi connectivity index (χ0) is 24.2. The fourth-order valence-corrected chi connectivity index (χ4v) is 3.90. The molecule has 3 rings (SSSR count). The van der Waals surface area contributed by atoms with E-state index in [1.165, 1.54) is 55.5 Å². The minimum absolute atomic E-state index is 0.0933. The van der Waals surface area contributed by atoms with Crippen LogP contribution in [0.5, 0.6) is 0 Å². The van der Waals surface area contributed by atoms with E-state index in [4.69, 9.17) is 9.88 Å². The first-order valence-electron chi connectivity index (χ1n) is 10.2.